The van der Waals surface area contributed by atoms with Gasteiger partial charge in [-0.05, 0) is 18.2 Å². The van der Waals surface area contributed by atoms with Gasteiger partial charge in [0.15, 0.2) is 5.65 Å². The topological polar surface area (TPSA) is 39.9 Å². The SMILES string of the molecule is COCc1ccccc1-n1c(CCl)nc2cccnc21. The number of hydrogen-bond acceptors (Lipinski definition) is 3. The average Bonchev–Trinajstić information content (AvgIpc) is 2.86. The van der Waals surface area contributed by atoms with E-state index in [1.165, 1.54) is 0 Å². The predicted octanol–water partition coefficient (Wildman–Crippen LogP) is 3.31. The second-order valence-electron chi connectivity index (χ2n) is 4.40. The quantitative estimate of drug-likeness (QED) is 0.691. The lowest BCUT2D eigenvalue weighted by Gasteiger charge is -2.12. The molecule has 0 fully saturated rings. The molecule has 0 bridgehead atoms. The smallest absolute Gasteiger partial charge is 0.164 e. The number of benzene rings is 1. The van der Waals surface area contributed by atoms with Gasteiger partial charge in [0.2, 0.25) is 0 Å². The van der Waals surface area contributed by atoms with Gasteiger partial charge in [-0.1, -0.05) is 18.2 Å². The Morgan fingerprint density at radius 3 is 2.85 bits per heavy atom. The van der Waals surface area contributed by atoms with Crippen molar-refractivity contribution in [3.8, 4) is 5.69 Å². The van der Waals surface area contributed by atoms with Crippen LogP contribution in [0.3, 0.4) is 0 Å². The molecule has 0 aliphatic carbocycles. The summed E-state index contributed by atoms with van der Waals surface area (Å²) in [7, 11) is 1.68. The van der Waals surface area contributed by atoms with Crippen LogP contribution < -0.4 is 0 Å². The van der Waals surface area contributed by atoms with Crippen LogP contribution in [0.1, 0.15) is 11.4 Å². The van der Waals surface area contributed by atoms with Crippen LogP contribution in [0.25, 0.3) is 16.9 Å². The highest BCUT2D eigenvalue weighted by Crippen LogP contribution is 2.24. The Kier molecular flexibility index (Phi) is 3.67. The highest BCUT2D eigenvalue weighted by molar-refractivity contribution is 6.16. The zero-order valence-corrected chi connectivity index (χ0v) is 11.8. The summed E-state index contributed by atoms with van der Waals surface area (Å²) in [6.45, 7) is 0.532. The minimum atomic E-state index is 0.331. The fourth-order valence-corrected chi connectivity index (χ4v) is 2.49. The lowest BCUT2D eigenvalue weighted by atomic mass is 10.2. The van der Waals surface area contributed by atoms with Crippen molar-refractivity contribution in [2.24, 2.45) is 0 Å². The van der Waals surface area contributed by atoms with Crippen molar-refractivity contribution >= 4 is 22.8 Å². The number of fused-ring (bicyclic) bond motifs is 1. The Morgan fingerprint density at radius 2 is 2.05 bits per heavy atom. The second kappa shape index (κ2) is 5.61. The van der Waals surface area contributed by atoms with Crippen LogP contribution in [-0.4, -0.2) is 21.6 Å². The third-order valence-electron chi connectivity index (χ3n) is 3.14. The van der Waals surface area contributed by atoms with Crippen LogP contribution in [0, 0.1) is 0 Å². The maximum Gasteiger partial charge on any atom is 0.164 e. The fourth-order valence-electron chi connectivity index (χ4n) is 2.31. The van der Waals surface area contributed by atoms with E-state index in [-0.39, 0.29) is 0 Å². The molecule has 0 saturated carbocycles. The van der Waals surface area contributed by atoms with Gasteiger partial charge in [-0.25, -0.2) is 9.97 Å². The number of ether oxygens (including phenoxy) is 1. The third-order valence-corrected chi connectivity index (χ3v) is 3.38. The van der Waals surface area contributed by atoms with Gasteiger partial charge in [-0.2, -0.15) is 0 Å². The van der Waals surface area contributed by atoms with Gasteiger partial charge in [-0.3, -0.25) is 4.57 Å². The number of rotatable bonds is 4. The van der Waals surface area contributed by atoms with Crippen molar-refractivity contribution in [1.29, 1.82) is 0 Å². The normalized spacial score (nSPS) is 11.1. The molecule has 0 radical (unpaired) electrons. The summed E-state index contributed by atoms with van der Waals surface area (Å²) in [6.07, 6.45) is 1.76. The number of alkyl halides is 1. The molecule has 3 rings (SSSR count). The van der Waals surface area contributed by atoms with E-state index in [1.807, 2.05) is 41.0 Å². The molecule has 2 heterocycles. The number of para-hydroxylation sites is 1. The van der Waals surface area contributed by atoms with E-state index in [0.29, 0.717) is 12.5 Å². The molecule has 0 atom stereocenters. The number of aromatic nitrogens is 3. The van der Waals surface area contributed by atoms with Crippen molar-refractivity contribution in [2.75, 3.05) is 7.11 Å². The van der Waals surface area contributed by atoms with Crippen molar-refractivity contribution < 1.29 is 4.74 Å². The van der Waals surface area contributed by atoms with E-state index in [4.69, 9.17) is 16.3 Å². The van der Waals surface area contributed by atoms with E-state index in [0.717, 1.165) is 28.2 Å². The average molecular weight is 288 g/mol. The standard InChI is InChI=1S/C15H14ClN3O/c1-20-10-11-5-2-3-7-13(11)19-14(9-16)18-12-6-4-8-17-15(12)19/h2-8H,9-10H2,1H3. The molecule has 4 nitrogen and oxygen atoms in total. The van der Waals surface area contributed by atoms with Crippen LogP contribution in [0.5, 0.6) is 0 Å². The van der Waals surface area contributed by atoms with E-state index >= 15 is 0 Å². The van der Waals surface area contributed by atoms with Gasteiger partial charge in [-0.15, -0.1) is 11.6 Å². The lowest BCUT2D eigenvalue weighted by molar-refractivity contribution is 0.185. The molecular weight excluding hydrogens is 274 g/mol. The van der Waals surface area contributed by atoms with Gasteiger partial charge in [0.05, 0.1) is 18.2 Å². The van der Waals surface area contributed by atoms with Gasteiger partial charge >= 0.3 is 0 Å². The number of halogens is 1. The van der Waals surface area contributed by atoms with Crippen molar-refractivity contribution in [3.63, 3.8) is 0 Å². The van der Waals surface area contributed by atoms with Gasteiger partial charge < -0.3 is 4.74 Å². The molecule has 2 aromatic heterocycles. The van der Waals surface area contributed by atoms with Crippen LogP contribution in [0.15, 0.2) is 42.6 Å². The van der Waals surface area contributed by atoms with Crippen molar-refractivity contribution in [2.45, 2.75) is 12.5 Å². The molecule has 0 saturated heterocycles. The zero-order chi connectivity index (χ0) is 13.9. The number of pyridine rings is 1. The largest absolute Gasteiger partial charge is 0.380 e. The summed E-state index contributed by atoms with van der Waals surface area (Å²) in [5, 5.41) is 0. The molecule has 0 amide bonds. The Balaban J connectivity index is 2.28. The summed E-state index contributed by atoms with van der Waals surface area (Å²) >= 11 is 6.04. The molecule has 0 N–H and O–H groups in total. The molecule has 1 aromatic carbocycles. The highest BCUT2D eigenvalue weighted by atomic mass is 35.5. The summed E-state index contributed by atoms with van der Waals surface area (Å²) in [6, 6.07) is 11.9. The molecule has 5 heteroatoms. The molecule has 0 spiro atoms. The summed E-state index contributed by atoms with van der Waals surface area (Å²) in [5.41, 5.74) is 3.74. The molecule has 3 aromatic rings. The van der Waals surface area contributed by atoms with E-state index < -0.39 is 0 Å². The minimum Gasteiger partial charge on any atom is -0.380 e. The van der Waals surface area contributed by atoms with Crippen LogP contribution in [0.4, 0.5) is 0 Å². The van der Waals surface area contributed by atoms with Crippen molar-refractivity contribution in [1.82, 2.24) is 14.5 Å². The number of hydrogen-bond donors (Lipinski definition) is 0. The number of nitrogens with zero attached hydrogens (tertiary/aromatic N) is 3. The van der Waals surface area contributed by atoms with Crippen LogP contribution >= 0.6 is 11.6 Å². The van der Waals surface area contributed by atoms with E-state index in [1.54, 1.807) is 13.3 Å². The van der Waals surface area contributed by atoms with Crippen LogP contribution in [0.2, 0.25) is 0 Å². The molecule has 0 aliphatic heterocycles. The molecule has 0 unspecified atom stereocenters. The maximum absolute atomic E-state index is 6.04. The first kappa shape index (κ1) is 13.1. The fraction of sp³-hybridized carbons (Fsp3) is 0.200. The van der Waals surface area contributed by atoms with Crippen molar-refractivity contribution in [3.05, 3.63) is 54.0 Å². The zero-order valence-electron chi connectivity index (χ0n) is 11.1. The van der Waals surface area contributed by atoms with Gasteiger partial charge in [0.1, 0.15) is 11.3 Å². The predicted molar refractivity (Wildman–Crippen MR) is 79.1 cm³/mol. The summed E-state index contributed by atoms with van der Waals surface area (Å²) in [4.78, 5) is 8.96. The summed E-state index contributed by atoms with van der Waals surface area (Å²) in [5.74, 6) is 1.11. The van der Waals surface area contributed by atoms with E-state index in [9.17, 15) is 0 Å². The molecule has 0 aliphatic rings. The Morgan fingerprint density at radius 1 is 1.20 bits per heavy atom. The van der Waals surface area contributed by atoms with Gasteiger partial charge in [0.25, 0.3) is 0 Å². The maximum atomic E-state index is 6.04. The Hall–Kier alpha value is -1.91. The minimum absolute atomic E-state index is 0.331. The first-order valence-electron chi connectivity index (χ1n) is 6.30. The Bertz CT molecular complexity index is 739. The lowest BCUT2D eigenvalue weighted by Crippen LogP contribution is -2.04. The first-order valence-corrected chi connectivity index (χ1v) is 6.84. The third kappa shape index (κ3) is 2.17. The molecular formula is C15H14ClN3O. The summed E-state index contributed by atoms with van der Waals surface area (Å²) < 4.78 is 7.26. The highest BCUT2D eigenvalue weighted by Gasteiger charge is 2.14. The Labute approximate surface area is 122 Å². The van der Waals surface area contributed by atoms with Gasteiger partial charge in [0, 0.05) is 18.9 Å². The molecule has 20 heavy (non-hydrogen) atoms. The molecule has 102 valence electrons. The number of methoxy groups -OCH3 is 1. The van der Waals surface area contributed by atoms with Crippen LogP contribution in [-0.2, 0) is 17.2 Å². The second-order valence-corrected chi connectivity index (χ2v) is 4.67. The monoisotopic (exact) mass is 287 g/mol. The van der Waals surface area contributed by atoms with E-state index in [2.05, 4.69) is 9.97 Å². The number of imidazole rings is 1. The first-order chi connectivity index (χ1) is 9.85.